The van der Waals surface area contributed by atoms with Gasteiger partial charge in [-0.2, -0.15) is 4.98 Å². The van der Waals surface area contributed by atoms with Crippen molar-refractivity contribution in [2.75, 3.05) is 5.75 Å². The molecule has 0 radical (unpaired) electrons. The molecule has 1 fully saturated rings. The van der Waals surface area contributed by atoms with E-state index in [1.54, 1.807) is 0 Å². The van der Waals surface area contributed by atoms with Crippen LogP contribution in [-0.2, 0) is 11.2 Å². The normalized spacial score (nSPS) is 27.2. The average molecular weight is 241 g/mol. The van der Waals surface area contributed by atoms with Gasteiger partial charge in [-0.3, -0.25) is 0 Å². The number of aromatic nitrogens is 2. The summed E-state index contributed by atoms with van der Waals surface area (Å²) in [4.78, 5) is 4.47. The molecular formula is C11H19N3OS. The number of hydrogen-bond acceptors (Lipinski definition) is 5. The van der Waals surface area contributed by atoms with Gasteiger partial charge in [0, 0.05) is 12.5 Å². The molecule has 1 aliphatic rings. The van der Waals surface area contributed by atoms with Crippen LogP contribution in [-0.4, -0.2) is 21.9 Å². The Morgan fingerprint density at radius 3 is 3.06 bits per heavy atom. The van der Waals surface area contributed by atoms with Crippen molar-refractivity contribution in [3.8, 4) is 0 Å². The predicted molar refractivity (Wildman–Crippen MR) is 65.3 cm³/mol. The topological polar surface area (TPSA) is 64.9 Å². The van der Waals surface area contributed by atoms with Crippen molar-refractivity contribution in [2.45, 2.75) is 50.3 Å². The predicted octanol–water partition coefficient (Wildman–Crippen LogP) is 2.09. The molecule has 16 heavy (non-hydrogen) atoms. The lowest BCUT2D eigenvalue weighted by Crippen LogP contribution is -2.22. The van der Waals surface area contributed by atoms with Crippen molar-refractivity contribution in [1.29, 1.82) is 0 Å². The molecule has 2 heterocycles. The van der Waals surface area contributed by atoms with Crippen LogP contribution >= 0.6 is 11.8 Å². The van der Waals surface area contributed by atoms with Gasteiger partial charge >= 0.3 is 0 Å². The Balaban J connectivity index is 2.07. The first-order chi connectivity index (χ1) is 7.64. The first-order valence-corrected chi connectivity index (χ1v) is 6.85. The van der Waals surface area contributed by atoms with Gasteiger partial charge in [0.1, 0.15) is 0 Å². The fourth-order valence-electron chi connectivity index (χ4n) is 1.88. The molecule has 1 aromatic heterocycles. The van der Waals surface area contributed by atoms with Crippen molar-refractivity contribution in [3.05, 3.63) is 11.7 Å². The minimum atomic E-state index is 0.0293. The van der Waals surface area contributed by atoms with Crippen molar-refractivity contribution >= 4 is 11.8 Å². The lowest BCUT2D eigenvalue weighted by Gasteiger charge is -2.16. The molecular weight excluding hydrogens is 222 g/mol. The monoisotopic (exact) mass is 241 g/mol. The van der Waals surface area contributed by atoms with Gasteiger partial charge in [-0.25, -0.2) is 0 Å². The molecule has 0 bridgehead atoms. The zero-order valence-electron chi connectivity index (χ0n) is 9.90. The standard InChI is InChI=1S/C11H19N3OS/c1-3-8(12)7-9-13-10(15-14-9)11(2)5-4-6-16-11/h8H,3-7,12H2,1-2H3. The van der Waals surface area contributed by atoms with E-state index in [0.29, 0.717) is 6.42 Å². The summed E-state index contributed by atoms with van der Waals surface area (Å²) in [6, 6.07) is 0.134. The molecule has 2 rings (SSSR count). The van der Waals surface area contributed by atoms with Crippen LogP contribution < -0.4 is 5.73 Å². The second-order valence-corrected chi connectivity index (χ2v) is 6.17. The van der Waals surface area contributed by atoms with Crippen molar-refractivity contribution < 1.29 is 4.52 Å². The van der Waals surface area contributed by atoms with Crippen molar-refractivity contribution in [2.24, 2.45) is 5.73 Å². The summed E-state index contributed by atoms with van der Waals surface area (Å²) in [5, 5.41) is 4.01. The van der Waals surface area contributed by atoms with E-state index in [4.69, 9.17) is 10.3 Å². The van der Waals surface area contributed by atoms with E-state index in [2.05, 4.69) is 24.0 Å². The molecule has 0 saturated carbocycles. The second-order valence-electron chi connectivity index (χ2n) is 4.57. The molecule has 0 amide bonds. The molecule has 90 valence electrons. The van der Waals surface area contributed by atoms with Crippen LogP contribution in [0.15, 0.2) is 4.52 Å². The third-order valence-corrected chi connectivity index (χ3v) is 4.62. The van der Waals surface area contributed by atoms with Crippen LogP contribution in [0.1, 0.15) is 44.8 Å². The minimum absolute atomic E-state index is 0.0293. The highest BCUT2D eigenvalue weighted by Crippen LogP contribution is 2.45. The largest absolute Gasteiger partial charge is 0.338 e. The van der Waals surface area contributed by atoms with E-state index in [-0.39, 0.29) is 10.8 Å². The molecule has 4 nitrogen and oxygen atoms in total. The molecule has 2 N–H and O–H groups in total. The van der Waals surface area contributed by atoms with E-state index in [9.17, 15) is 0 Å². The quantitative estimate of drug-likeness (QED) is 0.874. The van der Waals surface area contributed by atoms with Gasteiger partial charge in [0.2, 0.25) is 5.89 Å². The summed E-state index contributed by atoms with van der Waals surface area (Å²) in [6.45, 7) is 4.25. The van der Waals surface area contributed by atoms with Crippen LogP contribution in [0.25, 0.3) is 0 Å². The first kappa shape index (κ1) is 11.9. The van der Waals surface area contributed by atoms with E-state index in [0.717, 1.165) is 24.6 Å². The number of rotatable bonds is 4. The first-order valence-electron chi connectivity index (χ1n) is 5.86. The van der Waals surface area contributed by atoms with Gasteiger partial charge < -0.3 is 10.3 Å². The van der Waals surface area contributed by atoms with Crippen molar-refractivity contribution in [1.82, 2.24) is 10.1 Å². The highest BCUT2D eigenvalue weighted by molar-refractivity contribution is 8.00. The molecule has 0 aliphatic carbocycles. The lowest BCUT2D eigenvalue weighted by molar-refractivity contribution is 0.339. The molecule has 0 aromatic carbocycles. The van der Waals surface area contributed by atoms with Gasteiger partial charge in [-0.1, -0.05) is 12.1 Å². The summed E-state index contributed by atoms with van der Waals surface area (Å²) < 4.78 is 5.39. The maximum absolute atomic E-state index is 5.87. The zero-order valence-corrected chi connectivity index (χ0v) is 10.7. The molecule has 2 unspecified atom stereocenters. The molecule has 5 heteroatoms. The lowest BCUT2D eigenvalue weighted by atomic mass is 10.1. The van der Waals surface area contributed by atoms with E-state index >= 15 is 0 Å². The fourth-order valence-corrected chi connectivity index (χ4v) is 3.11. The highest BCUT2D eigenvalue weighted by atomic mass is 32.2. The Bertz CT molecular complexity index is 347. The van der Waals surface area contributed by atoms with Crippen molar-refractivity contribution in [3.63, 3.8) is 0 Å². The molecule has 0 spiro atoms. The Kier molecular flexibility index (Phi) is 3.54. The van der Waals surface area contributed by atoms with E-state index in [1.165, 1.54) is 12.2 Å². The molecule has 1 saturated heterocycles. The zero-order chi connectivity index (χ0) is 11.6. The Morgan fingerprint density at radius 2 is 2.44 bits per heavy atom. The summed E-state index contributed by atoms with van der Waals surface area (Å²) in [7, 11) is 0. The summed E-state index contributed by atoms with van der Waals surface area (Å²) in [5.41, 5.74) is 5.87. The van der Waals surface area contributed by atoms with Gasteiger partial charge in [0.15, 0.2) is 5.82 Å². The molecule has 1 aromatic rings. The third-order valence-electron chi connectivity index (χ3n) is 3.11. The summed E-state index contributed by atoms with van der Waals surface area (Å²) in [5.74, 6) is 2.70. The minimum Gasteiger partial charge on any atom is -0.338 e. The molecule has 2 atom stereocenters. The highest BCUT2D eigenvalue weighted by Gasteiger charge is 2.36. The third kappa shape index (κ3) is 2.40. The smallest absolute Gasteiger partial charge is 0.242 e. The van der Waals surface area contributed by atoms with E-state index < -0.39 is 0 Å². The van der Waals surface area contributed by atoms with Crippen LogP contribution in [0.4, 0.5) is 0 Å². The van der Waals surface area contributed by atoms with Crippen LogP contribution in [0.2, 0.25) is 0 Å². The van der Waals surface area contributed by atoms with Gasteiger partial charge in [0.05, 0.1) is 4.75 Å². The summed E-state index contributed by atoms with van der Waals surface area (Å²) >= 11 is 1.91. The van der Waals surface area contributed by atoms with Crippen LogP contribution in [0.3, 0.4) is 0 Å². The molecule has 1 aliphatic heterocycles. The fraction of sp³-hybridized carbons (Fsp3) is 0.818. The van der Waals surface area contributed by atoms with Gasteiger partial charge in [-0.15, -0.1) is 11.8 Å². The Labute approximate surface area is 100 Å². The maximum Gasteiger partial charge on any atom is 0.242 e. The Morgan fingerprint density at radius 1 is 1.62 bits per heavy atom. The summed E-state index contributed by atoms with van der Waals surface area (Å²) in [6.07, 6.45) is 4.00. The number of nitrogens with two attached hydrogens (primary N) is 1. The Hall–Kier alpha value is -0.550. The van der Waals surface area contributed by atoms with Crippen LogP contribution in [0.5, 0.6) is 0 Å². The second kappa shape index (κ2) is 4.75. The number of thioether (sulfide) groups is 1. The maximum atomic E-state index is 5.87. The average Bonchev–Trinajstić information content (AvgIpc) is 2.88. The SMILES string of the molecule is CCC(N)Cc1noc(C2(C)CCCS2)n1. The van der Waals surface area contributed by atoms with E-state index in [1.807, 2.05) is 11.8 Å². The van der Waals surface area contributed by atoms with Gasteiger partial charge in [0.25, 0.3) is 0 Å². The van der Waals surface area contributed by atoms with Gasteiger partial charge in [-0.05, 0) is 31.9 Å². The van der Waals surface area contributed by atoms with Crippen LogP contribution in [0, 0.1) is 0 Å². The number of nitrogens with zero attached hydrogens (tertiary/aromatic N) is 2. The number of hydrogen-bond donors (Lipinski definition) is 1.